The van der Waals surface area contributed by atoms with Crippen molar-refractivity contribution in [2.24, 2.45) is 5.73 Å². The van der Waals surface area contributed by atoms with Crippen molar-refractivity contribution in [2.45, 2.75) is 18.6 Å². The average molecular weight is 231 g/mol. The third-order valence-corrected chi connectivity index (χ3v) is 2.53. The number of benzene rings is 1. The normalized spacial score (nSPS) is 14.9. The Morgan fingerprint density at radius 2 is 2.00 bits per heavy atom. The SMILES string of the molecule is NCCC(O)C(O)c1ccc(Cl)c(N)c1. The summed E-state index contributed by atoms with van der Waals surface area (Å²) < 4.78 is 0. The highest BCUT2D eigenvalue weighted by atomic mass is 35.5. The van der Waals surface area contributed by atoms with Gasteiger partial charge in [-0.05, 0) is 30.7 Å². The first-order valence-electron chi connectivity index (χ1n) is 4.67. The highest BCUT2D eigenvalue weighted by Crippen LogP contribution is 2.25. The molecule has 0 bridgehead atoms. The molecule has 84 valence electrons. The smallest absolute Gasteiger partial charge is 0.105 e. The van der Waals surface area contributed by atoms with Gasteiger partial charge in [-0.1, -0.05) is 17.7 Å². The quantitative estimate of drug-likeness (QED) is 0.572. The number of halogens is 1. The largest absolute Gasteiger partial charge is 0.398 e. The van der Waals surface area contributed by atoms with Crippen LogP contribution in [0.15, 0.2) is 18.2 Å². The summed E-state index contributed by atoms with van der Waals surface area (Å²) in [6.07, 6.45) is -1.52. The Kier molecular flexibility index (Phi) is 4.35. The molecule has 0 fully saturated rings. The molecule has 0 spiro atoms. The molecule has 4 nitrogen and oxygen atoms in total. The Bertz CT molecular complexity index is 333. The van der Waals surface area contributed by atoms with Crippen LogP contribution in [-0.4, -0.2) is 22.9 Å². The molecule has 0 aliphatic heterocycles. The maximum absolute atomic E-state index is 9.73. The van der Waals surface area contributed by atoms with Gasteiger partial charge in [-0.3, -0.25) is 0 Å². The molecule has 0 saturated carbocycles. The van der Waals surface area contributed by atoms with Crippen LogP contribution < -0.4 is 11.5 Å². The van der Waals surface area contributed by atoms with E-state index in [0.29, 0.717) is 29.2 Å². The number of nitrogens with two attached hydrogens (primary N) is 2. The summed E-state index contributed by atoms with van der Waals surface area (Å²) in [4.78, 5) is 0. The molecule has 5 heteroatoms. The lowest BCUT2D eigenvalue weighted by Crippen LogP contribution is -2.21. The van der Waals surface area contributed by atoms with E-state index in [1.54, 1.807) is 18.2 Å². The van der Waals surface area contributed by atoms with Crippen molar-refractivity contribution in [3.8, 4) is 0 Å². The second-order valence-electron chi connectivity index (χ2n) is 3.37. The Morgan fingerprint density at radius 1 is 1.33 bits per heavy atom. The van der Waals surface area contributed by atoms with E-state index in [1.165, 1.54) is 0 Å². The number of rotatable bonds is 4. The molecule has 0 amide bonds. The summed E-state index contributed by atoms with van der Waals surface area (Å²) in [5.74, 6) is 0. The van der Waals surface area contributed by atoms with E-state index in [1.807, 2.05) is 0 Å². The average Bonchev–Trinajstić information content (AvgIpc) is 2.21. The van der Waals surface area contributed by atoms with Crippen LogP contribution in [0.5, 0.6) is 0 Å². The summed E-state index contributed by atoms with van der Waals surface area (Å²) in [5.41, 5.74) is 11.8. The Hall–Kier alpha value is -0.810. The first-order valence-corrected chi connectivity index (χ1v) is 5.05. The number of anilines is 1. The lowest BCUT2D eigenvalue weighted by molar-refractivity contribution is 0.0150. The van der Waals surface area contributed by atoms with E-state index in [4.69, 9.17) is 23.1 Å². The third-order valence-electron chi connectivity index (χ3n) is 2.19. The third kappa shape index (κ3) is 3.07. The molecule has 1 aromatic carbocycles. The van der Waals surface area contributed by atoms with E-state index < -0.39 is 12.2 Å². The van der Waals surface area contributed by atoms with E-state index in [9.17, 15) is 10.2 Å². The summed E-state index contributed by atoms with van der Waals surface area (Å²) >= 11 is 5.74. The van der Waals surface area contributed by atoms with Crippen molar-refractivity contribution >= 4 is 17.3 Å². The molecule has 15 heavy (non-hydrogen) atoms. The topological polar surface area (TPSA) is 92.5 Å². The molecule has 2 unspecified atom stereocenters. The minimum atomic E-state index is -0.979. The molecule has 2 atom stereocenters. The standard InChI is InChI=1S/C10H15ClN2O2/c11-7-2-1-6(5-8(7)13)10(15)9(14)3-4-12/h1-2,5,9-10,14-15H,3-4,12-13H2. The number of hydrogen-bond donors (Lipinski definition) is 4. The molecule has 1 aromatic rings. The van der Waals surface area contributed by atoms with Crippen LogP contribution in [0.4, 0.5) is 5.69 Å². The Balaban J connectivity index is 2.81. The summed E-state index contributed by atoms with van der Waals surface area (Å²) in [6.45, 7) is 0.321. The molecular weight excluding hydrogens is 216 g/mol. The van der Waals surface area contributed by atoms with Crippen LogP contribution in [0.25, 0.3) is 0 Å². The number of hydrogen-bond acceptors (Lipinski definition) is 4. The molecule has 0 heterocycles. The van der Waals surface area contributed by atoms with Crippen molar-refractivity contribution in [2.75, 3.05) is 12.3 Å². The molecule has 1 rings (SSSR count). The van der Waals surface area contributed by atoms with E-state index in [0.717, 1.165) is 0 Å². The summed E-state index contributed by atoms with van der Waals surface area (Å²) in [5, 5.41) is 19.7. The van der Waals surface area contributed by atoms with E-state index in [2.05, 4.69) is 0 Å². The van der Waals surface area contributed by atoms with Crippen LogP contribution in [0.2, 0.25) is 5.02 Å². The van der Waals surface area contributed by atoms with Crippen molar-refractivity contribution < 1.29 is 10.2 Å². The Labute approximate surface area is 93.5 Å². The molecule has 0 aliphatic carbocycles. The van der Waals surface area contributed by atoms with Crippen molar-refractivity contribution in [3.05, 3.63) is 28.8 Å². The second kappa shape index (κ2) is 5.32. The predicted octanol–water partition coefficient (Wildman–Crippen LogP) is 0.665. The van der Waals surface area contributed by atoms with E-state index in [-0.39, 0.29) is 0 Å². The molecular formula is C10H15ClN2O2. The van der Waals surface area contributed by atoms with Gasteiger partial charge >= 0.3 is 0 Å². The molecule has 6 N–H and O–H groups in total. The van der Waals surface area contributed by atoms with Gasteiger partial charge in [0.05, 0.1) is 16.8 Å². The van der Waals surface area contributed by atoms with Crippen LogP contribution in [0.3, 0.4) is 0 Å². The predicted molar refractivity (Wildman–Crippen MR) is 60.5 cm³/mol. The van der Waals surface area contributed by atoms with Crippen molar-refractivity contribution in [3.63, 3.8) is 0 Å². The minimum absolute atomic E-state index is 0.321. The number of nitrogen functional groups attached to an aromatic ring is 1. The van der Waals surface area contributed by atoms with E-state index >= 15 is 0 Å². The van der Waals surface area contributed by atoms with Crippen LogP contribution in [0.1, 0.15) is 18.1 Å². The van der Waals surface area contributed by atoms with Crippen LogP contribution >= 0.6 is 11.6 Å². The lowest BCUT2D eigenvalue weighted by Gasteiger charge is -2.17. The van der Waals surface area contributed by atoms with Gasteiger partial charge < -0.3 is 21.7 Å². The van der Waals surface area contributed by atoms with Gasteiger partial charge in [0.1, 0.15) is 6.10 Å². The minimum Gasteiger partial charge on any atom is -0.398 e. The number of aliphatic hydroxyl groups is 2. The van der Waals surface area contributed by atoms with Crippen LogP contribution in [0, 0.1) is 0 Å². The lowest BCUT2D eigenvalue weighted by atomic mass is 10.0. The fourth-order valence-corrected chi connectivity index (χ4v) is 1.41. The highest BCUT2D eigenvalue weighted by Gasteiger charge is 2.17. The zero-order valence-electron chi connectivity index (χ0n) is 8.23. The van der Waals surface area contributed by atoms with Gasteiger partial charge in [-0.2, -0.15) is 0 Å². The van der Waals surface area contributed by atoms with Crippen molar-refractivity contribution in [1.82, 2.24) is 0 Å². The fraction of sp³-hybridized carbons (Fsp3) is 0.400. The van der Waals surface area contributed by atoms with Gasteiger partial charge in [0.2, 0.25) is 0 Å². The molecule has 0 radical (unpaired) electrons. The monoisotopic (exact) mass is 230 g/mol. The summed E-state index contributed by atoms with van der Waals surface area (Å²) in [6, 6.07) is 4.76. The van der Waals surface area contributed by atoms with Gasteiger partial charge in [0.25, 0.3) is 0 Å². The van der Waals surface area contributed by atoms with Gasteiger partial charge in [-0.15, -0.1) is 0 Å². The van der Waals surface area contributed by atoms with Gasteiger partial charge in [-0.25, -0.2) is 0 Å². The summed E-state index contributed by atoms with van der Waals surface area (Å²) in [7, 11) is 0. The molecule has 0 aliphatic rings. The zero-order chi connectivity index (χ0) is 11.4. The molecule has 0 aromatic heterocycles. The van der Waals surface area contributed by atoms with Crippen LogP contribution in [-0.2, 0) is 0 Å². The zero-order valence-corrected chi connectivity index (χ0v) is 8.98. The highest BCUT2D eigenvalue weighted by molar-refractivity contribution is 6.33. The van der Waals surface area contributed by atoms with Crippen molar-refractivity contribution in [1.29, 1.82) is 0 Å². The number of aliphatic hydroxyl groups excluding tert-OH is 2. The first-order chi connectivity index (χ1) is 7.06. The molecule has 0 saturated heterocycles. The second-order valence-corrected chi connectivity index (χ2v) is 3.78. The van der Waals surface area contributed by atoms with Gasteiger partial charge in [0.15, 0.2) is 0 Å². The first kappa shape index (κ1) is 12.3. The fourth-order valence-electron chi connectivity index (χ4n) is 1.30. The Morgan fingerprint density at radius 3 is 2.53 bits per heavy atom. The maximum atomic E-state index is 9.73. The van der Waals surface area contributed by atoms with Gasteiger partial charge in [0, 0.05) is 0 Å². The maximum Gasteiger partial charge on any atom is 0.105 e.